The van der Waals surface area contributed by atoms with Gasteiger partial charge in [0.2, 0.25) is 0 Å². The third-order valence-electron chi connectivity index (χ3n) is 5.20. The molecule has 4 amide bonds. The van der Waals surface area contributed by atoms with E-state index in [1.165, 1.54) is 24.3 Å². The molecule has 1 fully saturated rings. The number of hydrogen-bond acceptors (Lipinski definition) is 3. The molecule has 0 aliphatic carbocycles. The molecule has 0 saturated carbocycles. The predicted octanol–water partition coefficient (Wildman–Crippen LogP) is 3.60. The number of H-pyrrole nitrogens is 1. The van der Waals surface area contributed by atoms with Crippen molar-refractivity contribution in [2.45, 2.75) is 18.3 Å². The molecule has 4 rings (SSSR count). The van der Waals surface area contributed by atoms with Crippen molar-refractivity contribution in [2.75, 3.05) is 6.54 Å². The first-order chi connectivity index (χ1) is 15.1. The summed E-state index contributed by atoms with van der Waals surface area (Å²) in [6, 6.07) is 10.9. The van der Waals surface area contributed by atoms with Crippen molar-refractivity contribution in [1.29, 1.82) is 0 Å². The Morgan fingerprint density at radius 3 is 2.53 bits per heavy atom. The second kappa shape index (κ2) is 7.86. The monoisotopic (exact) mass is 464 g/mol. The first-order valence-corrected chi connectivity index (χ1v) is 9.84. The topological polar surface area (TPSA) is 94.3 Å². The SMILES string of the molecule is O=C(N[C@@]1(C(F)(F)F)NC(=O)N(CCc2c[nH]c3ccc(Cl)cc23)C1=O)c1ccccc1. The van der Waals surface area contributed by atoms with Crippen molar-refractivity contribution < 1.29 is 27.6 Å². The Kier molecular flexibility index (Phi) is 5.33. The number of aromatic nitrogens is 1. The Balaban J connectivity index is 1.58. The van der Waals surface area contributed by atoms with Gasteiger partial charge in [-0.25, -0.2) is 4.79 Å². The Hall–Kier alpha value is -3.53. The lowest BCUT2D eigenvalue weighted by Crippen LogP contribution is -2.69. The van der Waals surface area contributed by atoms with Crippen molar-refractivity contribution in [3.8, 4) is 0 Å². The maximum absolute atomic E-state index is 14.0. The highest BCUT2D eigenvalue weighted by atomic mass is 35.5. The van der Waals surface area contributed by atoms with Crippen LogP contribution in [0.4, 0.5) is 18.0 Å². The zero-order chi connectivity index (χ0) is 23.1. The standard InChI is InChI=1S/C21H16ClF3N4O3/c22-14-6-7-16-15(10-14)13(11-26-16)8-9-29-18(31)20(21(23,24)25,28-19(29)32)27-17(30)12-4-2-1-3-5-12/h1-7,10-11,26H,8-9H2,(H,27,30)(H,28,32)/t20-/m1/s1. The lowest BCUT2D eigenvalue weighted by molar-refractivity contribution is -0.200. The van der Waals surface area contributed by atoms with Gasteiger partial charge < -0.3 is 10.3 Å². The zero-order valence-corrected chi connectivity index (χ0v) is 17.1. The average Bonchev–Trinajstić information content (AvgIpc) is 3.25. The molecular formula is C21H16ClF3N4O3. The fraction of sp³-hybridized carbons (Fsp3) is 0.190. The number of imide groups is 1. The number of rotatable bonds is 5. The van der Waals surface area contributed by atoms with E-state index in [1.54, 1.807) is 41.1 Å². The highest BCUT2D eigenvalue weighted by Gasteiger charge is 2.68. The van der Waals surface area contributed by atoms with Gasteiger partial charge >= 0.3 is 12.2 Å². The summed E-state index contributed by atoms with van der Waals surface area (Å²) in [5.41, 5.74) is -2.23. The maximum Gasteiger partial charge on any atom is 0.440 e. The van der Waals surface area contributed by atoms with Crippen LogP contribution in [0.5, 0.6) is 0 Å². The summed E-state index contributed by atoms with van der Waals surface area (Å²) in [5, 5.41) is 4.51. The summed E-state index contributed by atoms with van der Waals surface area (Å²) in [6.07, 6.45) is -3.55. The van der Waals surface area contributed by atoms with E-state index in [0.29, 0.717) is 15.5 Å². The van der Waals surface area contributed by atoms with E-state index < -0.39 is 29.7 Å². The molecule has 0 unspecified atom stereocenters. The summed E-state index contributed by atoms with van der Waals surface area (Å²) in [5.74, 6) is -2.75. The quantitative estimate of drug-likeness (QED) is 0.503. The van der Waals surface area contributed by atoms with E-state index in [9.17, 15) is 27.6 Å². The molecule has 2 heterocycles. The summed E-state index contributed by atoms with van der Waals surface area (Å²) < 4.78 is 41.9. The second-order valence-electron chi connectivity index (χ2n) is 7.21. The van der Waals surface area contributed by atoms with E-state index >= 15 is 0 Å². The minimum absolute atomic E-state index is 0.0834. The number of amides is 4. The van der Waals surface area contributed by atoms with E-state index in [1.807, 2.05) is 0 Å². The smallest absolute Gasteiger partial charge is 0.361 e. The molecule has 11 heteroatoms. The molecule has 0 spiro atoms. The molecule has 0 bridgehead atoms. The van der Waals surface area contributed by atoms with Crippen LogP contribution in [-0.4, -0.2) is 46.1 Å². The van der Waals surface area contributed by atoms with Crippen LogP contribution in [0.2, 0.25) is 5.02 Å². The van der Waals surface area contributed by atoms with Gasteiger partial charge in [0.05, 0.1) is 0 Å². The number of benzene rings is 2. The fourth-order valence-electron chi connectivity index (χ4n) is 3.55. The fourth-order valence-corrected chi connectivity index (χ4v) is 3.72. The molecule has 2 aromatic carbocycles. The minimum Gasteiger partial charge on any atom is -0.361 e. The van der Waals surface area contributed by atoms with Gasteiger partial charge in [0, 0.05) is 34.2 Å². The van der Waals surface area contributed by atoms with Crippen LogP contribution in [0.15, 0.2) is 54.7 Å². The number of hydrogen-bond donors (Lipinski definition) is 3. The molecular weight excluding hydrogens is 449 g/mol. The summed E-state index contributed by atoms with van der Waals surface area (Å²) in [4.78, 5) is 41.0. The van der Waals surface area contributed by atoms with Gasteiger partial charge in [0.15, 0.2) is 0 Å². The van der Waals surface area contributed by atoms with Gasteiger partial charge in [-0.05, 0) is 42.3 Å². The van der Waals surface area contributed by atoms with Crippen LogP contribution in [0, 0.1) is 0 Å². The first kappa shape index (κ1) is 21.7. The molecule has 32 heavy (non-hydrogen) atoms. The van der Waals surface area contributed by atoms with Crippen LogP contribution in [0.25, 0.3) is 10.9 Å². The Bertz CT molecular complexity index is 1210. The second-order valence-corrected chi connectivity index (χ2v) is 7.65. The van der Waals surface area contributed by atoms with Gasteiger partial charge in [-0.3, -0.25) is 19.8 Å². The van der Waals surface area contributed by atoms with Gasteiger partial charge in [0.1, 0.15) is 0 Å². The van der Waals surface area contributed by atoms with Crippen molar-refractivity contribution >= 4 is 40.3 Å². The van der Waals surface area contributed by atoms with Crippen molar-refractivity contribution in [3.63, 3.8) is 0 Å². The lowest BCUT2D eigenvalue weighted by atomic mass is 10.1. The average molecular weight is 465 g/mol. The largest absolute Gasteiger partial charge is 0.440 e. The highest BCUT2D eigenvalue weighted by Crippen LogP contribution is 2.34. The van der Waals surface area contributed by atoms with Crippen molar-refractivity contribution in [1.82, 2.24) is 20.5 Å². The van der Waals surface area contributed by atoms with Crippen LogP contribution < -0.4 is 10.6 Å². The maximum atomic E-state index is 14.0. The summed E-state index contributed by atoms with van der Waals surface area (Å²) in [6.45, 7) is -0.330. The number of carbonyl (C=O) groups excluding carboxylic acids is 3. The molecule has 3 aromatic rings. The summed E-state index contributed by atoms with van der Waals surface area (Å²) in [7, 11) is 0. The Morgan fingerprint density at radius 1 is 1.12 bits per heavy atom. The van der Waals surface area contributed by atoms with Crippen molar-refractivity contribution in [3.05, 3.63) is 70.9 Å². The van der Waals surface area contributed by atoms with Crippen LogP contribution in [-0.2, 0) is 11.2 Å². The number of halogens is 4. The molecule has 1 aliphatic heterocycles. The Labute approximate surface area is 184 Å². The molecule has 3 N–H and O–H groups in total. The predicted molar refractivity (Wildman–Crippen MR) is 110 cm³/mol. The number of fused-ring (bicyclic) bond motifs is 1. The molecule has 1 aliphatic rings. The molecule has 166 valence electrons. The van der Waals surface area contributed by atoms with E-state index in [-0.39, 0.29) is 18.5 Å². The zero-order valence-electron chi connectivity index (χ0n) is 16.3. The van der Waals surface area contributed by atoms with Crippen LogP contribution >= 0.6 is 11.6 Å². The third-order valence-corrected chi connectivity index (χ3v) is 5.44. The molecule has 1 aromatic heterocycles. The van der Waals surface area contributed by atoms with Gasteiger partial charge in [-0.15, -0.1) is 0 Å². The van der Waals surface area contributed by atoms with Gasteiger partial charge in [-0.1, -0.05) is 29.8 Å². The lowest BCUT2D eigenvalue weighted by Gasteiger charge is -2.29. The Morgan fingerprint density at radius 2 is 1.84 bits per heavy atom. The number of carbonyl (C=O) groups is 3. The van der Waals surface area contributed by atoms with Gasteiger partial charge in [0.25, 0.3) is 17.5 Å². The highest BCUT2D eigenvalue weighted by molar-refractivity contribution is 6.31. The van der Waals surface area contributed by atoms with Crippen LogP contribution in [0.3, 0.4) is 0 Å². The van der Waals surface area contributed by atoms with Crippen LogP contribution in [0.1, 0.15) is 15.9 Å². The van der Waals surface area contributed by atoms with E-state index in [4.69, 9.17) is 11.6 Å². The normalized spacial score (nSPS) is 18.8. The third kappa shape index (κ3) is 3.66. The number of nitrogens with one attached hydrogen (secondary N) is 3. The molecule has 0 radical (unpaired) electrons. The number of urea groups is 1. The van der Waals surface area contributed by atoms with Crippen molar-refractivity contribution in [2.24, 2.45) is 0 Å². The molecule has 7 nitrogen and oxygen atoms in total. The number of aromatic amines is 1. The first-order valence-electron chi connectivity index (χ1n) is 9.46. The number of nitrogens with zero attached hydrogens (tertiary/aromatic N) is 1. The minimum atomic E-state index is -5.27. The summed E-state index contributed by atoms with van der Waals surface area (Å²) >= 11 is 6.00. The van der Waals surface area contributed by atoms with E-state index in [0.717, 1.165) is 10.9 Å². The van der Waals surface area contributed by atoms with Gasteiger partial charge in [-0.2, -0.15) is 13.2 Å². The molecule has 1 atom stereocenters. The molecule has 1 saturated heterocycles. The van der Waals surface area contributed by atoms with E-state index in [2.05, 4.69) is 4.98 Å². The number of alkyl halides is 3.